The SMILES string of the molecule is N#CNS(=O)(=O)c1csc(C(=O)O)c1. The van der Waals surface area contributed by atoms with E-state index in [1.54, 1.807) is 4.72 Å². The van der Waals surface area contributed by atoms with Crippen LogP contribution < -0.4 is 4.72 Å². The van der Waals surface area contributed by atoms with E-state index in [1.165, 1.54) is 6.19 Å². The summed E-state index contributed by atoms with van der Waals surface area (Å²) >= 11 is 0.782. The summed E-state index contributed by atoms with van der Waals surface area (Å²) in [4.78, 5) is 10.1. The molecule has 0 radical (unpaired) electrons. The van der Waals surface area contributed by atoms with Crippen LogP contribution in [0, 0.1) is 11.5 Å². The minimum Gasteiger partial charge on any atom is -0.477 e. The third-order valence-electron chi connectivity index (χ3n) is 1.28. The first-order valence-electron chi connectivity index (χ1n) is 3.20. The molecule has 1 aromatic rings. The number of carboxylic acid groups (broad SMARTS) is 1. The molecule has 8 heteroatoms. The first kappa shape index (κ1) is 10.5. The Morgan fingerprint density at radius 3 is 2.71 bits per heavy atom. The van der Waals surface area contributed by atoms with E-state index in [-0.39, 0.29) is 9.77 Å². The summed E-state index contributed by atoms with van der Waals surface area (Å²) in [6.07, 6.45) is 1.26. The first-order valence-corrected chi connectivity index (χ1v) is 5.56. The highest BCUT2D eigenvalue weighted by molar-refractivity contribution is 7.89. The van der Waals surface area contributed by atoms with E-state index in [0.717, 1.165) is 22.8 Å². The van der Waals surface area contributed by atoms with Crippen LogP contribution in [0.1, 0.15) is 9.67 Å². The molecule has 2 N–H and O–H groups in total. The van der Waals surface area contributed by atoms with Gasteiger partial charge < -0.3 is 5.11 Å². The van der Waals surface area contributed by atoms with Gasteiger partial charge >= 0.3 is 5.97 Å². The topological polar surface area (TPSA) is 107 Å². The number of hydrogen-bond acceptors (Lipinski definition) is 5. The maximum atomic E-state index is 11.1. The van der Waals surface area contributed by atoms with Crippen molar-refractivity contribution in [2.45, 2.75) is 4.90 Å². The number of sulfonamides is 1. The molecule has 0 fully saturated rings. The lowest BCUT2D eigenvalue weighted by atomic mass is 10.5. The number of carbonyl (C=O) groups is 1. The molecule has 0 aromatic carbocycles. The summed E-state index contributed by atoms with van der Waals surface area (Å²) in [5, 5.41) is 17.8. The Morgan fingerprint density at radius 1 is 1.64 bits per heavy atom. The molecule has 14 heavy (non-hydrogen) atoms. The Kier molecular flexibility index (Phi) is 2.73. The monoisotopic (exact) mass is 232 g/mol. The van der Waals surface area contributed by atoms with Crippen LogP contribution in [0.3, 0.4) is 0 Å². The Hall–Kier alpha value is -1.59. The van der Waals surface area contributed by atoms with E-state index in [9.17, 15) is 13.2 Å². The molecule has 0 aliphatic rings. The fourth-order valence-electron chi connectivity index (χ4n) is 0.691. The summed E-state index contributed by atoms with van der Waals surface area (Å²) in [7, 11) is -3.89. The zero-order valence-electron chi connectivity index (χ0n) is 6.59. The van der Waals surface area contributed by atoms with Gasteiger partial charge in [-0.05, 0) is 6.07 Å². The molecule has 0 saturated heterocycles. The lowest BCUT2D eigenvalue weighted by Crippen LogP contribution is -2.17. The van der Waals surface area contributed by atoms with Gasteiger partial charge in [0.2, 0.25) is 0 Å². The molecule has 1 rings (SSSR count). The molecule has 6 nitrogen and oxygen atoms in total. The average Bonchev–Trinajstić information content (AvgIpc) is 2.51. The van der Waals surface area contributed by atoms with Crippen molar-refractivity contribution in [1.29, 1.82) is 5.26 Å². The molecule has 0 spiro atoms. The van der Waals surface area contributed by atoms with Gasteiger partial charge in [-0.2, -0.15) is 5.26 Å². The van der Waals surface area contributed by atoms with Gasteiger partial charge in [-0.15, -0.1) is 11.3 Å². The number of aromatic carboxylic acids is 1. The van der Waals surface area contributed by atoms with Crippen molar-refractivity contribution in [3.05, 3.63) is 16.3 Å². The number of thiophene rings is 1. The number of carboxylic acids is 1. The standard InChI is InChI=1S/C6H4N2O4S2/c7-3-8-14(11,12)4-1-5(6(9)10)13-2-4/h1-2,8H,(H,9,10). The summed E-state index contributed by atoms with van der Waals surface area (Å²) in [5.74, 6) is -1.20. The van der Waals surface area contributed by atoms with Gasteiger partial charge in [0.25, 0.3) is 10.0 Å². The van der Waals surface area contributed by atoms with Crippen molar-refractivity contribution in [2.75, 3.05) is 0 Å². The van der Waals surface area contributed by atoms with Crippen LogP contribution in [-0.4, -0.2) is 19.5 Å². The minimum absolute atomic E-state index is 0.0942. The highest BCUT2D eigenvalue weighted by atomic mass is 32.2. The molecule has 0 atom stereocenters. The molecular formula is C6H4N2O4S2. The Balaban J connectivity index is 3.11. The van der Waals surface area contributed by atoms with Gasteiger partial charge in [0.05, 0.1) is 4.90 Å². The largest absolute Gasteiger partial charge is 0.477 e. The Morgan fingerprint density at radius 2 is 2.29 bits per heavy atom. The second-order valence-corrected chi connectivity index (χ2v) is 4.76. The quantitative estimate of drug-likeness (QED) is 0.572. The maximum absolute atomic E-state index is 11.1. The second-order valence-electron chi connectivity index (χ2n) is 2.17. The number of nitrogens with one attached hydrogen (secondary N) is 1. The smallest absolute Gasteiger partial charge is 0.345 e. The fraction of sp³-hybridized carbons (Fsp3) is 0. The van der Waals surface area contributed by atoms with Crippen molar-refractivity contribution in [3.63, 3.8) is 0 Å². The predicted molar refractivity (Wildman–Crippen MR) is 47.2 cm³/mol. The van der Waals surface area contributed by atoms with Gasteiger partial charge in [-0.25, -0.2) is 17.9 Å². The molecule has 1 aromatic heterocycles. The van der Waals surface area contributed by atoms with Crippen LogP contribution in [-0.2, 0) is 10.0 Å². The predicted octanol–water partition coefficient (Wildman–Crippen LogP) is 0.206. The summed E-state index contributed by atoms with van der Waals surface area (Å²) < 4.78 is 23.9. The van der Waals surface area contributed by atoms with Gasteiger partial charge in [0.1, 0.15) is 4.88 Å². The number of hydrogen-bond donors (Lipinski definition) is 2. The van der Waals surface area contributed by atoms with Crippen molar-refractivity contribution < 1.29 is 18.3 Å². The molecule has 0 saturated carbocycles. The summed E-state index contributed by atoms with van der Waals surface area (Å²) in [6.45, 7) is 0. The highest BCUT2D eigenvalue weighted by Gasteiger charge is 2.17. The zero-order chi connectivity index (χ0) is 10.8. The van der Waals surface area contributed by atoms with E-state index in [1.807, 2.05) is 0 Å². The van der Waals surface area contributed by atoms with E-state index >= 15 is 0 Å². The fourth-order valence-corrected chi connectivity index (χ4v) is 2.53. The van der Waals surface area contributed by atoms with Gasteiger partial charge in [0, 0.05) is 5.38 Å². The third-order valence-corrected chi connectivity index (χ3v) is 3.56. The highest BCUT2D eigenvalue weighted by Crippen LogP contribution is 2.18. The molecule has 0 aliphatic carbocycles. The molecule has 0 amide bonds. The van der Waals surface area contributed by atoms with Gasteiger partial charge in [0.15, 0.2) is 6.19 Å². The Bertz CT molecular complexity index is 496. The number of rotatable bonds is 3. The molecule has 74 valence electrons. The molecule has 0 bridgehead atoms. The van der Waals surface area contributed by atoms with Crippen LogP contribution in [0.5, 0.6) is 0 Å². The lowest BCUT2D eigenvalue weighted by molar-refractivity contribution is 0.0702. The zero-order valence-corrected chi connectivity index (χ0v) is 8.22. The van der Waals surface area contributed by atoms with E-state index in [0.29, 0.717) is 0 Å². The molecule has 0 aliphatic heterocycles. The van der Waals surface area contributed by atoms with Crippen LogP contribution in [0.15, 0.2) is 16.3 Å². The van der Waals surface area contributed by atoms with E-state index in [2.05, 4.69) is 0 Å². The van der Waals surface area contributed by atoms with E-state index < -0.39 is 16.0 Å². The van der Waals surface area contributed by atoms with Crippen molar-refractivity contribution in [1.82, 2.24) is 4.72 Å². The molecule has 1 heterocycles. The number of nitriles is 1. The number of nitrogens with zero attached hydrogens (tertiary/aromatic N) is 1. The van der Waals surface area contributed by atoms with Crippen LogP contribution >= 0.6 is 11.3 Å². The second kappa shape index (κ2) is 3.65. The first-order chi connectivity index (χ1) is 6.47. The van der Waals surface area contributed by atoms with Crippen molar-refractivity contribution >= 4 is 27.3 Å². The third kappa shape index (κ3) is 2.01. The van der Waals surface area contributed by atoms with Gasteiger partial charge in [-0.3, -0.25) is 0 Å². The van der Waals surface area contributed by atoms with Crippen molar-refractivity contribution in [3.8, 4) is 6.19 Å². The normalized spacial score (nSPS) is 10.5. The van der Waals surface area contributed by atoms with Crippen LogP contribution in [0.2, 0.25) is 0 Å². The Labute approximate surface area is 83.5 Å². The maximum Gasteiger partial charge on any atom is 0.345 e. The van der Waals surface area contributed by atoms with Crippen LogP contribution in [0.4, 0.5) is 0 Å². The van der Waals surface area contributed by atoms with Gasteiger partial charge in [-0.1, -0.05) is 0 Å². The van der Waals surface area contributed by atoms with Crippen LogP contribution in [0.25, 0.3) is 0 Å². The lowest BCUT2D eigenvalue weighted by Gasteiger charge is -1.94. The van der Waals surface area contributed by atoms with Crippen molar-refractivity contribution in [2.24, 2.45) is 0 Å². The molecular weight excluding hydrogens is 228 g/mol. The minimum atomic E-state index is -3.89. The summed E-state index contributed by atoms with van der Waals surface area (Å²) in [6, 6.07) is 0.993. The van der Waals surface area contributed by atoms with E-state index in [4.69, 9.17) is 10.4 Å². The molecule has 0 unspecified atom stereocenters. The summed E-state index contributed by atoms with van der Waals surface area (Å²) in [5.41, 5.74) is 0. The average molecular weight is 232 g/mol.